The maximum absolute atomic E-state index is 8.59. The molecule has 66 valence electrons. The second-order valence-electron chi connectivity index (χ2n) is 2.56. The maximum atomic E-state index is 8.59. The highest BCUT2D eigenvalue weighted by Gasteiger charge is 2.10. The molecule has 0 spiro atoms. The van der Waals surface area contributed by atoms with Crippen LogP contribution in [-0.2, 0) is 0 Å². The van der Waals surface area contributed by atoms with Gasteiger partial charge in [0.15, 0.2) is 0 Å². The third-order valence-corrected chi connectivity index (χ3v) is 2.77. The molecule has 0 bridgehead atoms. The van der Waals surface area contributed by atoms with E-state index in [0.717, 1.165) is 6.42 Å². The summed E-state index contributed by atoms with van der Waals surface area (Å²) in [7, 11) is 0. The van der Waals surface area contributed by atoms with E-state index in [9.17, 15) is 0 Å². The van der Waals surface area contributed by atoms with Crippen LogP contribution in [-0.4, -0.2) is 28.0 Å². The highest BCUT2D eigenvalue weighted by Crippen LogP contribution is 2.19. The normalized spacial score (nSPS) is 15.9. The van der Waals surface area contributed by atoms with Crippen molar-refractivity contribution in [3.63, 3.8) is 0 Å². The molecular weight excluding hydrogens is 160 g/mol. The number of nitrogens with one attached hydrogen (secondary N) is 1. The molecule has 0 amide bonds. The number of aliphatic hydroxyl groups is 1. The third kappa shape index (κ3) is 5.09. The lowest BCUT2D eigenvalue weighted by Crippen LogP contribution is -2.23. The molecule has 0 aliphatic heterocycles. The standard InChI is InChI=1S/C7H16N2OS/c1-5(3-4-10)11-6(2)7(8)9/h5-6,10H,3-4H2,1-2H3,(H3,8,9). The summed E-state index contributed by atoms with van der Waals surface area (Å²) in [5, 5.41) is 16.2. The van der Waals surface area contributed by atoms with Gasteiger partial charge in [0.1, 0.15) is 5.84 Å². The Kier molecular flexibility index (Phi) is 5.32. The minimum Gasteiger partial charge on any atom is -0.396 e. The molecule has 3 nitrogen and oxygen atoms in total. The number of amidine groups is 1. The Bertz CT molecular complexity index is 130. The molecule has 11 heavy (non-hydrogen) atoms. The summed E-state index contributed by atoms with van der Waals surface area (Å²) >= 11 is 1.62. The van der Waals surface area contributed by atoms with Crippen molar-refractivity contribution in [2.45, 2.75) is 30.8 Å². The van der Waals surface area contributed by atoms with Gasteiger partial charge in [-0.3, -0.25) is 5.41 Å². The van der Waals surface area contributed by atoms with Crippen LogP contribution in [0.4, 0.5) is 0 Å². The zero-order valence-electron chi connectivity index (χ0n) is 7.00. The van der Waals surface area contributed by atoms with Gasteiger partial charge >= 0.3 is 0 Å². The number of hydrogen-bond acceptors (Lipinski definition) is 3. The smallest absolute Gasteiger partial charge is 0.104 e. The van der Waals surface area contributed by atoms with E-state index in [2.05, 4.69) is 0 Å². The Balaban J connectivity index is 3.56. The summed E-state index contributed by atoms with van der Waals surface area (Å²) < 4.78 is 0. The molecule has 2 unspecified atom stereocenters. The van der Waals surface area contributed by atoms with Gasteiger partial charge in [-0.1, -0.05) is 6.92 Å². The van der Waals surface area contributed by atoms with E-state index in [-0.39, 0.29) is 17.7 Å². The average molecular weight is 176 g/mol. The maximum Gasteiger partial charge on any atom is 0.104 e. The molecule has 0 radical (unpaired) electrons. The molecule has 0 saturated carbocycles. The molecule has 0 heterocycles. The molecule has 0 aromatic rings. The van der Waals surface area contributed by atoms with Gasteiger partial charge in [-0.2, -0.15) is 0 Å². The Morgan fingerprint density at radius 3 is 2.55 bits per heavy atom. The minimum absolute atomic E-state index is 0.0662. The monoisotopic (exact) mass is 176 g/mol. The number of aliphatic hydroxyl groups excluding tert-OH is 1. The molecule has 0 rings (SSSR count). The van der Waals surface area contributed by atoms with Crippen molar-refractivity contribution in [2.75, 3.05) is 6.61 Å². The van der Waals surface area contributed by atoms with Crippen LogP contribution in [0.2, 0.25) is 0 Å². The SMILES string of the molecule is CC(CCO)SC(C)C(=N)N. The third-order valence-electron chi connectivity index (χ3n) is 1.41. The van der Waals surface area contributed by atoms with E-state index in [0.29, 0.717) is 5.25 Å². The van der Waals surface area contributed by atoms with Gasteiger partial charge in [0, 0.05) is 11.9 Å². The summed E-state index contributed by atoms with van der Waals surface area (Å²) in [6.45, 7) is 4.14. The summed E-state index contributed by atoms with van der Waals surface area (Å²) in [6, 6.07) is 0. The molecule has 2 atom stereocenters. The molecule has 0 aliphatic rings. The topological polar surface area (TPSA) is 70.1 Å². The lowest BCUT2D eigenvalue weighted by Gasteiger charge is -2.14. The van der Waals surface area contributed by atoms with Crippen molar-refractivity contribution in [3.8, 4) is 0 Å². The molecule has 4 heteroatoms. The molecule has 0 fully saturated rings. The fraction of sp³-hybridized carbons (Fsp3) is 0.857. The van der Waals surface area contributed by atoms with Gasteiger partial charge in [0.25, 0.3) is 0 Å². The van der Waals surface area contributed by atoms with E-state index in [1.54, 1.807) is 11.8 Å². The molecule has 0 aromatic carbocycles. The lowest BCUT2D eigenvalue weighted by molar-refractivity contribution is 0.289. The van der Waals surface area contributed by atoms with Crippen molar-refractivity contribution < 1.29 is 5.11 Å². The summed E-state index contributed by atoms with van der Waals surface area (Å²) in [4.78, 5) is 0. The van der Waals surface area contributed by atoms with Gasteiger partial charge in [0.05, 0.1) is 5.25 Å². The van der Waals surface area contributed by atoms with Gasteiger partial charge in [-0.25, -0.2) is 0 Å². The van der Waals surface area contributed by atoms with Crippen LogP contribution < -0.4 is 5.73 Å². The first kappa shape index (κ1) is 10.8. The van der Waals surface area contributed by atoms with Crippen LogP contribution in [0.25, 0.3) is 0 Å². The number of rotatable bonds is 5. The lowest BCUT2D eigenvalue weighted by atomic mass is 10.3. The highest BCUT2D eigenvalue weighted by atomic mass is 32.2. The van der Waals surface area contributed by atoms with Gasteiger partial charge in [-0.15, -0.1) is 11.8 Å². The van der Waals surface area contributed by atoms with E-state index in [4.69, 9.17) is 16.2 Å². The van der Waals surface area contributed by atoms with Crippen molar-refractivity contribution in [3.05, 3.63) is 0 Å². The summed E-state index contributed by atoms with van der Waals surface area (Å²) in [6.07, 6.45) is 0.766. The number of nitrogens with two attached hydrogens (primary N) is 1. The minimum atomic E-state index is 0.0662. The summed E-state index contributed by atoms with van der Waals surface area (Å²) in [5.74, 6) is 0.208. The van der Waals surface area contributed by atoms with E-state index < -0.39 is 0 Å². The second-order valence-corrected chi connectivity index (χ2v) is 4.34. The fourth-order valence-corrected chi connectivity index (χ4v) is 1.76. The van der Waals surface area contributed by atoms with E-state index >= 15 is 0 Å². The van der Waals surface area contributed by atoms with Crippen LogP contribution >= 0.6 is 11.8 Å². The first-order valence-electron chi connectivity index (χ1n) is 3.68. The number of thioether (sulfide) groups is 1. The fourth-order valence-electron chi connectivity index (χ4n) is 0.672. The first-order valence-corrected chi connectivity index (χ1v) is 4.62. The molecule has 0 aromatic heterocycles. The van der Waals surface area contributed by atoms with Gasteiger partial charge < -0.3 is 10.8 Å². The zero-order chi connectivity index (χ0) is 8.85. The second kappa shape index (κ2) is 5.43. The van der Waals surface area contributed by atoms with Gasteiger partial charge in [-0.05, 0) is 13.3 Å². The van der Waals surface area contributed by atoms with Crippen LogP contribution in [0.3, 0.4) is 0 Å². The molecule has 0 saturated heterocycles. The average Bonchev–Trinajstić information content (AvgIpc) is 1.87. The zero-order valence-corrected chi connectivity index (χ0v) is 7.82. The van der Waals surface area contributed by atoms with Crippen LogP contribution in [0.15, 0.2) is 0 Å². The van der Waals surface area contributed by atoms with E-state index in [1.807, 2.05) is 13.8 Å². The van der Waals surface area contributed by atoms with Crippen LogP contribution in [0, 0.1) is 5.41 Å². The van der Waals surface area contributed by atoms with Gasteiger partial charge in [0.2, 0.25) is 0 Å². The number of hydrogen-bond donors (Lipinski definition) is 3. The molecular formula is C7H16N2OS. The predicted octanol–water partition coefficient (Wildman–Crippen LogP) is 0.815. The quantitative estimate of drug-likeness (QED) is 0.429. The Hall–Kier alpha value is -0.220. The van der Waals surface area contributed by atoms with Crippen LogP contribution in [0.1, 0.15) is 20.3 Å². The Morgan fingerprint density at radius 1 is 1.64 bits per heavy atom. The van der Waals surface area contributed by atoms with Crippen molar-refractivity contribution in [2.24, 2.45) is 5.73 Å². The largest absolute Gasteiger partial charge is 0.396 e. The van der Waals surface area contributed by atoms with E-state index in [1.165, 1.54) is 0 Å². The molecule has 0 aliphatic carbocycles. The Labute approximate surface area is 71.9 Å². The molecule has 4 N–H and O–H groups in total. The Morgan fingerprint density at radius 2 is 2.18 bits per heavy atom. The van der Waals surface area contributed by atoms with Crippen molar-refractivity contribution in [1.82, 2.24) is 0 Å². The van der Waals surface area contributed by atoms with Crippen molar-refractivity contribution in [1.29, 1.82) is 5.41 Å². The first-order chi connectivity index (χ1) is 5.07. The highest BCUT2D eigenvalue weighted by molar-refractivity contribution is 8.01. The van der Waals surface area contributed by atoms with Crippen LogP contribution in [0.5, 0.6) is 0 Å². The summed E-state index contributed by atoms with van der Waals surface area (Å²) in [5.41, 5.74) is 5.28. The van der Waals surface area contributed by atoms with Crippen molar-refractivity contribution >= 4 is 17.6 Å². The predicted molar refractivity (Wildman–Crippen MR) is 50.1 cm³/mol.